The van der Waals surface area contributed by atoms with E-state index < -0.39 is 11.7 Å². The Morgan fingerprint density at radius 3 is 2.31 bits per heavy atom. The van der Waals surface area contributed by atoms with Gasteiger partial charge in [-0.3, -0.25) is 0 Å². The summed E-state index contributed by atoms with van der Waals surface area (Å²) >= 11 is 0. The van der Waals surface area contributed by atoms with E-state index >= 15 is 0 Å². The number of hydrogen-bond donors (Lipinski definition) is 0. The molecule has 0 amide bonds. The van der Waals surface area contributed by atoms with E-state index in [0.29, 0.717) is 5.39 Å². The summed E-state index contributed by atoms with van der Waals surface area (Å²) in [6.45, 7) is 1.62. The lowest BCUT2D eigenvalue weighted by atomic mass is 9.97. The van der Waals surface area contributed by atoms with Gasteiger partial charge in [0, 0.05) is 0 Å². The molecule has 1 radical (unpaired) electrons. The monoisotopic (exact) mass is 223 g/mol. The minimum atomic E-state index is -4.30. The highest BCUT2D eigenvalue weighted by atomic mass is 19.4. The van der Waals surface area contributed by atoms with E-state index in [1.807, 2.05) is 12.1 Å². The molecule has 3 heteroatoms. The van der Waals surface area contributed by atoms with Crippen LogP contribution in [0.1, 0.15) is 18.1 Å². The molecule has 0 spiro atoms. The van der Waals surface area contributed by atoms with Gasteiger partial charge in [-0.2, -0.15) is 13.2 Å². The molecule has 0 unspecified atom stereocenters. The molecular formula is C13H10F3. The maximum atomic E-state index is 12.7. The van der Waals surface area contributed by atoms with Crippen molar-refractivity contribution in [3.63, 3.8) is 0 Å². The molecule has 0 aromatic heterocycles. The van der Waals surface area contributed by atoms with Crippen molar-refractivity contribution in [2.45, 2.75) is 13.1 Å². The summed E-state index contributed by atoms with van der Waals surface area (Å²) in [6.07, 6.45) is -2.79. The van der Waals surface area contributed by atoms with E-state index in [4.69, 9.17) is 0 Å². The first-order valence-corrected chi connectivity index (χ1v) is 4.92. The first kappa shape index (κ1) is 11.0. The molecule has 0 nitrogen and oxygen atoms in total. The molecule has 0 N–H and O–H groups in total. The van der Waals surface area contributed by atoms with Crippen LogP contribution in [-0.2, 0) is 6.18 Å². The summed E-state index contributed by atoms with van der Waals surface area (Å²) in [4.78, 5) is 0. The summed E-state index contributed by atoms with van der Waals surface area (Å²) in [5.74, 6) is 0. The van der Waals surface area contributed by atoms with Crippen LogP contribution in [0.5, 0.6) is 0 Å². The Morgan fingerprint density at radius 2 is 1.69 bits per heavy atom. The van der Waals surface area contributed by atoms with Gasteiger partial charge in [-0.15, -0.1) is 0 Å². The van der Waals surface area contributed by atoms with Crippen LogP contribution in [0.3, 0.4) is 0 Å². The Bertz CT molecular complexity index is 512. The first-order valence-electron chi connectivity index (χ1n) is 4.92. The lowest BCUT2D eigenvalue weighted by Crippen LogP contribution is -2.08. The third-order valence-electron chi connectivity index (χ3n) is 2.56. The molecule has 0 bridgehead atoms. The summed E-state index contributed by atoms with van der Waals surface area (Å²) in [6, 6.07) is 9.72. The van der Waals surface area contributed by atoms with Gasteiger partial charge in [-0.25, -0.2) is 0 Å². The molecule has 16 heavy (non-hydrogen) atoms. The van der Waals surface area contributed by atoms with Gasteiger partial charge in [0.15, 0.2) is 0 Å². The van der Waals surface area contributed by atoms with Crippen molar-refractivity contribution >= 4 is 10.8 Å². The lowest BCUT2D eigenvalue weighted by Gasteiger charge is -2.13. The topological polar surface area (TPSA) is 0 Å². The quantitative estimate of drug-likeness (QED) is 0.670. The summed E-state index contributed by atoms with van der Waals surface area (Å²) in [5, 5.41) is 1.46. The van der Waals surface area contributed by atoms with Crippen molar-refractivity contribution in [3.8, 4) is 0 Å². The largest absolute Gasteiger partial charge is 0.416 e. The Labute approximate surface area is 91.7 Å². The van der Waals surface area contributed by atoms with Crippen LogP contribution in [0.25, 0.3) is 10.8 Å². The van der Waals surface area contributed by atoms with E-state index in [9.17, 15) is 13.2 Å². The molecule has 0 aliphatic heterocycles. The maximum Gasteiger partial charge on any atom is 0.416 e. The zero-order valence-corrected chi connectivity index (χ0v) is 8.68. The fraction of sp³-hybridized carbons (Fsp3) is 0.154. The van der Waals surface area contributed by atoms with Gasteiger partial charge < -0.3 is 0 Å². The second-order valence-corrected chi connectivity index (χ2v) is 3.53. The Kier molecular flexibility index (Phi) is 2.62. The predicted molar refractivity (Wildman–Crippen MR) is 58.0 cm³/mol. The second-order valence-electron chi connectivity index (χ2n) is 3.53. The molecule has 0 saturated heterocycles. The lowest BCUT2D eigenvalue weighted by molar-refractivity contribution is -0.137. The molecule has 0 aliphatic carbocycles. The van der Waals surface area contributed by atoms with Crippen molar-refractivity contribution in [1.82, 2.24) is 0 Å². The molecule has 2 rings (SSSR count). The van der Waals surface area contributed by atoms with Crippen molar-refractivity contribution in [1.29, 1.82) is 0 Å². The fourth-order valence-electron chi connectivity index (χ4n) is 1.85. The van der Waals surface area contributed by atoms with Gasteiger partial charge in [0.2, 0.25) is 0 Å². The number of fused-ring (bicyclic) bond motifs is 1. The fourth-order valence-corrected chi connectivity index (χ4v) is 1.85. The number of benzene rings is 2. The van der Waals surface area contributed by atoms with Crippen LogP contribution in [0.4, 0.5) is 13.2 Å². The van der Waals surface area contributed by atoms with E-state index in [2.05, 4.69) is 0 Å². The number of rotatable bonds is 1. The third-order valence-corrected chi connectivity index (χ3v) is 2.56. The average molecular weight is 223 g/mol. The van der Waals surface area contributed by atoms with Crippen molar-refractivity contribution < 1.29 is 13.2 Å². The number of alkyl halides is 3. The second kappa shape index (κ2) is 3.81. The minimum absolute atomic E-state index is 0.255. The van der Waals surface area contributed by atoms with E-state index in [-0.39, 0.29) is 5.56 Å². The van der Waals surface area contributed by atoms with Crippen molar-refractivity contribution in [2.75, 3.05) is 0 Å². The van der Waals surface area contributed by atoms with Crippen LogP contribution >= 0.6 is 0 Å². The zero-order chi connectivity index (χ0) is 11.8. The van der Waals surface area contributed by atoms with Crippen LogP contribution in [0, 0.1) is 6.42 Å². The SMILES string of the molecule is C[CH]c1c(C(F)(F)F)ccc2ccccc12. The first-order chi connectivity index (χ1) is 7.54. The molecule has 83 valence electrons. The van der Waals surface area contributed by atoms with Gasteiger partial charge in [0.1, 0.15) is 0 Å². The minimum Gasteiger partial charge on any atom is -0.166 e. The standard InChI is InChI=1S/C13H10F3/c1-2-10-11-6-4-3-5-9(11)7-8-12(10)13(14,15)16/h2-8H,1H3. The molecule has 0 heterocycles. The van der Waals surface area contributed by atoms with Crippen molar-refractivity contribution in [2.24, 2.45) is 0 Å². The van der Waals surface area contributed by atoms with Crippen LogP contribution < -0.4 is 0 Å². The summed E-state index contributed by atoms with van der Waals surface area (Å²) in [5.41, 5.74) is -0.320. The molecule has 0 aliphatic rings. The highest BCUT2D eigenvalue weighted by Crippen LogP contribution is 2.36. The van der Waals surface area contributed by atoms with Crippen molar-refractivity contribution in [3.05, 3.63) is 53.9 Å². The molecule has 2 aromatic carbocycles. The highest BCUT2D eigenvalue weighted by molar-refractivity contribution is 5.88. The van der Waals surface area contributed by atoms with Gasteiger partial charge >= 0.3 is 6.18 Å². The van der Waals surface area contributed by atoms with E-state index in [0.717, 1.165) is 11.5 Å². The highest BCUT2D eigenvalue weighted by Gasteiger charge is 2.33. The average Bonchev–Trinajstić information content (AvgIpc) is 2.26. The summed E-state index contributed by atoms with van der Waals surface area (Å²) in [7, 11) is 0. The van der Waals surface area contributed by atoms with Gasteiger partial charge in [0.05, 0.1) is 5.56 Å². The zero-order valence-electron chi connectivity index (χ0n) is 8.68. The molecule has 2 aromatic rings. The van der Waals surface area contributed by atoms with Gasteiger partial charge in [-0.05, 0) is 28.8 Å². The summed E-state index contributed by atoms with van der Waals surface area (Å²) < 4.78 is 38.2. The van der Waals surface area contributed by atoms with E-state index in [1.165, 1.54) is 12.5 Å². The van der Waals surface area contributed by atoms with Crippen LogP contribution in [-0.4, -0.2) is 0 Å². The molecule has 0 fully saturated rings. The number of halogens is 3. The Balaban J connectivity index is 2.78. The maximum absolute atomic E-state index is 12.7. The van der Waals surface area contributed by atoms with Gasteiger partial charge in [0.25, 0.3) is 0 Å². The van der Waals surface area contributed by atoms with E-state index in [1.54, 1.807) is 19.1 Å². The smallest absolute Gasteiger partial charge is 0.166 e. The molecule has 0 atom stereocenters. The molecule has 0 saturated carbocycles. The Morgan fingerprint density at radius 1 is 1.00 bits per heavy atom. The Hall–Kier alpha value is -1.51. The molecular weight excluding hydrogens is 213 g/mol. The third kappa shape index (κ3) is 1.77. The number of hydrogen-bond acceptors (Lipinski definition) is 0. The predicted octanol–water partition coefficient (Wildman–Crippen LogP) is 4.43. The van der Waals surface area contributed by atoms with Crippen LogP contribution in [0.15, 0.2) is 36.4 Å². The van der Waals surface area contributed by atoms with Gasteiger partial charge in [-0.1, -0.05) is 37.3 Å². The normalized spacial score (nSPS) is 12.0. The van der Waals surface area contributed by atoms with Crippen LogP contribution in [0.2, 0.25) is 0 Å².